The second-order valence-electron chi connectivity index (χ2n) is 8.00. The van der Waals surface area contributed by atoms with Crippen LogP contribution in [0.1, 0.15) is 58.7 Å². The van der Waals surface area contributed by atoms with Crippen molar-refractivity contribution in [1.82, 2.24) is 14.5 Å². The molecule has 1 atom stereocenters. The summed E-state index contributed by atoms with van der Waals surface area (Å²) in [5, 5.41) is 3.00. The molecule has 0 aliphatic heterocycles. The number of amides is 1. The summed E-state index contributed by atoms with van der Waals surface area (Å²) in [4.78, 5) is 21.8. The first-order valence-corrected chi connectivity index (χ1v) is 9.05. The molecule has 2 aromatic heterocycles. The molecule has 0 saturated heterocycles. The lowest BCUT2D eigenvalue weighted by molar-refractivity contribution is -0.123. The van der Waals surface area contributed by atoms with Crippen LogP contribution in [0.15, 0.2) is 12.1 Å². The van der Waals surface area contributed by atoms with Crippen molar-refractivity contribution in [2.45, 2.75) is 65.5 Å². The van der Waals surface area contributed by atoms with Crippen LogP contribution in [0.5, 0.6) is 0 Å². The smallest absolute Gasteiger partial charge is 0.231 e. The second-order valence-corrected chi connectivity index (χ2v) is 8.00. The SMILES string of the molecule is Cc1ccc2nc(NC(=O)[C@@H](C)COC(C)(C)C)n(C3CCC3)c2n1. The lowest BCUT2D eigenvalue weighted by Gasteiger charge is -2.29. The molecule has 0 radical (unpaired) electrons. The number of ether oxygens (including phenoxy) is 1. The molecule has 1 fully saturated rings. The van der Waals surface area contributed by atoms with Crippen molar-refractivity contribution in [2.24, 2.45) is 5.92 Å². The molecule has 1 amide bonds. The monoisotopic (exact) mass is 344 g/mol. The first-order chi connectivity index (χ1) is 11.7. The highest BCUT2D eigenvalue weighted by molar-refractivity contribution is 5.92. The van der Waals surface area contributed by atoms with E-state index in [4.69, 9.17) is 4.74 Å². The van der Waals surface area contributed by atoms with E-state index in [0.717, 1.165) is 29.7 Å². The number of pyridine rings is 1. The van der Waals surface area contributed by atoms with E-state index in [0.29, 0.717) is 18.6 Å². The van der Waals surface area contributed by atoms with E-state index in [1.54, 1.807) is 0 Å². The molecule has 2 heterocycles. The fraction of sp³-hybridized carbons (Fsp3) is 0.632. The Morgan fingerprint density at radius 3 is 2.68 bits per heavy atom. The number of rotatable bonds is 5. The van der Waals surface area contributed by atoms with Crippen LogP contribution in [0.4, 0.5) is 5.95 Å². The van der Waals surface area contributed by atoms with Crippen LogP contribution < -0.4 is 5.32 Å². The molecule has 2 aromatic rings. The first kappa shape index (κ1) is 17.9. The minimum absolute atomic E-state index is 0.0724. The molecule has 1 aliphatic carbocycles. The molecule has 6 nitrogen and oxygen atoms in total. The van der Waals surface area contributed by atoms with Crippen LogP contribution in [-0.4, -0.2) is 32.7 Å². The average Bonchev–Trinajstić information content (AvgIpc) is 2.80. The van der Waals surface area contributed by atoms with Gasteiger partial charge in [0.05, 0.1) is 18.1 Å². The van der Waals surface area contributed by atoms with Gasteiger partial charge in [0.15, 0.2) is 5.65 Å². The number of fused-ring (bicyclic) bond motifs is 1. The van der Waals surface area contributed by atoms with Gasteiger partial charge in [-0.05, 0) is 59.1 Å². The van der Waals surface area contributed by atoms with Crippen LogP contribution >= 0.6 is 0 Å². The van der Waals surface area contributed by atoms with Gasteiger partial charge in [-0.2, -0.15) is 0 Å². The number of hydrogen-bond acceptors (Lipinski definition) is 4. The quantitative estimate of drug-likeness (QED) is 0.894. The zero-order valence-electron chi connectivity index (χ0n) is 15.8. The van der Waals surface area contributed by atoms with Crippen LogP contribution in [0, 0.1) is 12.8 Å². The summed E-state index contributed by atoms with van der Waals surface area (Å²) in [6, 6.07) is 4.29. The molecule has 6 heteroatoms. The number of nitrogens with zero attached hydrogens (tertiary/aromatic N) is 3. The summed E-state index contributed by atoms with van der Waals surface area (Å²) in [7, 11) is 0. The predicted octanol–water partition coefficient (Wildman–Crippen LogP) is 3.85. The maximum atomic E-state index is 12.6. The topological polar surface area (TPSA) is 69.0 Å². The third kappa shape index (κ3) is 4.00. The molecule has 0 spiro atoms. The van der Waals surface area contributed by atoms with Gasteiger partial charge in [0.2, 0.25) is 11.9 Å². The van der Waals surface area contributed by atoms with E-state index in [1.165, 1.54) is 6.42 Å². The maximum Gasteiger partial charge on any atom is 0.231 e. The fourth-order valence-corrected chi connectivity index (χ4v) is 2.83. The van der Waals surface area contributed by atoms with Crippen molar-refractivity contribution in [3.8, 4) is 0 Å². The van der Waals surface area contributed by atoms with Crippen molar-refractivity contribution in [2.75, 3.05) is 11.9 Å². The normalized spacial score (nSPS) is 16.7. The van der Waals surface area contributed by atoms with Gasteiger partial charge in [-0.1, -0.05) is 6.92 Å². The number of aryl methyl sites for hydroxylation is 1. The number of anilines is 1. The van der Waals surface area contributed by atoms with Gasteiger partial charge in [-0.15, -0.1) is 0 Å². The fourth-order valence-electron chi connectivity index (χ4n) is 2.83. The molecule has 1 N–H and O–H groups in total. The van der Waals surface area contributed by atoms with E-state index >= 15 is 0 Å². The Labute approximate surface area is 149 Å². The second kappa shape index (κ2) is 6.75. The Morgan fingerprint density at radius 2 is 2.08 bits per heavy atom. The summed E-state index contributed by atoms with van der Waals surface area (Å²) in [6.07, 6.45) is 3.42. The highest BCUT2D eigenvalue weighted by Crippen LogP contribution is 2.36. The van der Waals surface area contributed by atoms with E-state index in [9.17, 15) is 4.79 Å². The van der Waals surface area contributed by atoms with E-state index in [2.05, 4.69) is 19.9 Å². The molecular weight excluding hydrogens is 316 g/mol. The Bertz CT molecular complexity index is 772. The van der Waals surface area contributed by atoms with Gasteiger partial charge in [-0.3, -0.25) is 14.7 Å². The van der Waals surface area contributed by atoms with Gasteiger partial charge < -0.3 is 4.74 Å². The minimum atomic E-state index is -0.255. The summed E-state index contributed by atoms with van der Waals surface area (Å²) >= 11 is 0. The lowest BCUT2D eigenvalue weighted by atomic mass is 9.93. The Balaban J connectivity index is 1.82. The van der Waals surface area contributed by atoms with Crippen molar-refractivity contribution in [1.29, 1.82) is 0 Å². The lowest BCUT2D eigenvalue weighted by Crippen LogP contribution is -2.30. The summed E-state index contributed by atoms with van der Waals surface area (Å²) < 4.78 is 7.83. The third-order valence-electron chi connectivity index (χ3n) is 4.57. The van der Waals surface area contributed by atoms with Crippen LogP contribution in [0.25, 0.3) is 11.2 Å². The van der Waals surface area contributed by atoms with Crippen LogP contribution in [0.3, 0.4) is 0 Å². The largest absolute Gasteiger partial charge is 0.375 e. The molecule has 25 heavy (non-hydrogen) atoms. The molecule has 3 rings (SSSR count). The van der Waals surface area contributed by atoms with Crippen molar-refractivity contribution < 1.29 is 9.53 Å². The summed E-state index contributed by atoms with van der Waals surface area (Å²) in [5.41, 5.74) is 2.39. The van der Waals surface area contributed by atoms with Crippen LogP contribution in [-0.2, 0) is 9.53 Å². The first-order valence-electron chi connectivity index (χ1n) is 9.05. The van der Waals surface area contributed by atoms with Crippen LogP contribution in [0.2, 0.25) is 0 Å². The Hall–Kier alpha value is -1.95. The average molecular weight is 344 g/mol. The minimum Gasteiger partial charge on any atom is -0.375 e. The molecule has 136 valence electrons. The zero-order valence-corrected chi connectivity index (χ0v) is 15.8. The number of imidazole rings is 1. The maximum absolute atomic E-state index is 12.6. The standard InChI is InChI=1S/C19H28N4O2/c1-12(11-25-19(3,4)5)17(24)22-18-21-15-10-9-13(2)20-16(15)23(18)14-7-6-8-14/h9-10,12,14H,6-8,11H2,1-5H3,(H,21,22,24)/t12-/m0/s1. The molecule has 1 aliphatic rings. The Morgan fingerprint density at radius 1 is 1.36 bits per heavy atom. The molecule has 0 unspecified atom stereocenters. The molecule has 1 saturated carbocycles. The molecular formula is C19H28N4O2. The number of hydrogen-bond donors (Lipinski definition) is 1. The van der Waals surface area contributed by atoms with Crippen molar-refractivity contribution >= 4 is 23.0 Å². The summed E-state index contributed by atoms with van der Waals surface area (Å²) in [5.74, 6) is 0.283. The number of aromatic nitrogens is 3. The predicted molar refractivity (Wildman–Crippen MR) is 98.7 cm³/mol. The summed E-state index contributed by atoms with van der Waals surface area (Å²) in [6.45, 7) is 10.2. The highest BCUT2D eigenvalue weighted by atomic mass is 16.5. The van der Waals surface area contributed by atoms with E-state index in [1.807, 2.05) is 46.8 Å². The molecule has 0 bridgehead atoms. The number of carbonyl (C=O) groups is 1. The Kier molecular flexibility index (Phi) is 4.82. The van der Waals surface area contributed by atoms with Gasteiger partial charge in [0.1, 0.15) is 5.52 Å². The number of nitrogens with one attached hydrogen (secondary N) is 1. The van der Waals surface area contributed by atoms with Crippen molar-refractivity contribution in [3.63, 3.8) is 0 Å². The van der Waals surface area contributed by atoms with Gasteiger partial charge in [0.25, 0.3) is 0 Å². The van der Waals surface area contributed by atoms with Gasteiger partial charge >= 0.3 is 0 Å². The van der Waals surface area contributed by atoms with E-state index in [-0.39, 0.29) is 17.4 Å². The molecule has 0 aromatic carbocycles. The van der Waals surface area contributed by atoms with Gasteiger partial charge in [-0.25, -0.2) is 9.97 Å². The zero-order chi connectivity index (χ0) is 18.2. The third-order valence-corrected chi connectivity index (χ3v) is 4.57. The van der Waals surface area contributed by atoms with Gasteiger partial charge in [0, 0.05) is 11.7 Å². The van der Waals surface area contributed by atoms with E-state index < -0.39 is 0 Å². The van der Waals surface area contributed by atoms with Crippen molar-refractivity contribution in [3.05, 3.63) is 17.8 Å². The number of carbonyl (C=O) groups excluding carboxylic acids is 1. The highest BCUT2D eigenvalue weighted by Gasteiger charge is 2.27.